The van der Waals surface area contributed by atoms with Gasteiger partial charge in [-0.25, -0.2) is 4.98 Å². The number of ether oxygens (including phenoxy) is 1. The van der Waals surface area contributed by atoms with Gasteiger partial charge in [0.15, 0.2) is 0 Å². The highest BCUT2D eigenvalue weighted by Crippen LogP contribution is 2.28. The number of rotatable bonds is 7. The lowest BCUT2D eigenvalue weighted by molar-refractivity contribution is 0.0681. The third kappa shape index (κ3) is 4.21. The Labute approximate surface area is 114 Å². The van der Waals surface area contributed by atoms with E-state index >= 15 is 0 Å². The summed E-state index contributed by atoms with van der Waals surface area (Å²) in [4.78, 5) is 17.9. The van der Waals surface area contributed by atoms with Gasteiger partial charge < -0.3 is 15.0 Å². The van der Waals surface area contributed by atoms with Crippen LogP contribution in [0.2, 0.25) is 0 Å². The van der Waals surface area contributed by atoms with Gasteiger partial charge in [-0.1, -0.05) is 0 Å². The maximum atomic E-state index is 12.1. The number of aromatic nitrogens is 1. The van der Waals surface area contributed by atoms with Gasteiger partial charge in [0.2, 0.25) is 0 Å². The van der Waals surface area contributed by atoms with Crippen LogP contribution in [0.4, 0.5) is 5.82 Å². The molecule has 5 nitrogen and oxygen atoms in total. The Morgan fingerprint density at radius 1 is 1.53 bits per heavy atom. The number of pyridine rings is 1. The highest BCUT2D eigenvalue weighted by Gasteiger charge is 2.21. The van der Waals surface area contributed by atoms with Crippen molar-refractivity contribution in [2.45, 2.75) is 12.8 Å². The van der Waals surface area contributed by atoms with Gasteiger partial charge in [-0.3, -0.25) is 4.79 Å². The van der Waals surface area contributed by atoms with Crippen LogP contribution in [0.15, 0.2) is 18.3 Å². The fourth-order valence-electron chi connectivity index (χ4n) is 1.73. The van der Waals surface area contributed by atoms with Crippen LogP contribution in [-0.4, -0.2) is 49.6 Å². The van der Waals surface area contributed by atoms with Crippen molar-refractivity contribution in [3.05, 3.63) is 23.9 Å². The second-order valence-corrected chi connectivity index (χ2v) is 4.93. The summed E-state index contributed by atoms with van der Waals surface area (Å²) in [6, 6.07) is 3.58. The third-order valence-electron chi connectivity index (χ3n) is 3.23. The summed E-state index contributed by atoms with van der Waals surface area (Å²) in [6.07, 6.45) is 4.17. The van der Waals surface area contributed by atoms with Gasteiger partial charge in [0.1, 0.15) is 5.82 Å². The predicted octanol–water partition coefficient (Wildman–Crippen LogP) is 1.62. The molecule has 0 atom stereocenters. The van der Waals surface area contributed by atoms with E-state index in [1.54, 1.807) is 37.3 Å². The zero-order valence-electron chi connectivity index (χ0n) is 11.6. The fourth-order valence-corrected chi connectivity index (χ4v) is 1.73. The number of nitrogens with zero attached hydrogens (tertiary/aromatic N) is 2. The first-order valence-corrected chi connectivity index (χ1v) is 6.67. The van der Waals surface area contributed by atoms with Crippen LogP contribution in [0.5, 0.6) is 0 Å². The molecular weight excluding hydrogens is 242 g/mol. The Morgan fingerprint density at radius 3 is 2.89 bits per heavy atom. The number of anilines is 1. The largest absolute Gasteiger partial charge is 0.379 e. The quantitative estimate of drug-likeness (QED) is 0.760. The summed E-state index contributed by atoms with van der Waals surface area (Å²) < 4.78 is 5.53. The number of hydrogen-bond acceptors (Lipinski definition) is 4. The minimum atomic E-state index is -0.0230. The highest BCUT2D eigenvalue weighted by atomic mass is 16.5. The van der Waals surface area contributed by atoms with Gasteiger partial charge >= 0.3 is 0 Å². The monoisotopic (exact) mass is 263 g/mol. The van der Waals surface area contributed by atoms with Crippen LogP contribution in [-0.2, 0) is 4.74 Å². The Morgan fingerprint density at radius 2 is 2.32 bits per heavy atom. The summed E-state index contributed by atoms with van der Waals surface area (Å²) in [5.41, 5.74) is 0.601. The molecule has 1 heterocycles. The molecule has 0 unspecified atom stereocenters. The summed E-state index contributed by atoms with van der Waals surface area (Å²) in [5.74, 6) is 1.50. The molecule has 1 aromatic heterocycles. The van der Waals surface area contributed by atoms with E-state index in [-0.39, 0.29) is 5.91 Å². The van der Waals surface area contributed by atoms with Crippen LogP contribution in [0.25, 0.3) is 0 Å². The van der Waals surface area contributed by atoms with E-state index in [0.29, 0.717) is 18.7 Å². The zero-order chi connectivity index (χ0) is 13.7. The Balaban J connectivity index is 1.76. The Bertz CT molecular complexity index is 415. The number of carbonyl (C=O) groups is 1. The Hall–Kier alpha value is -1.62. The molecule has 1 amide bonds. The lowest BCUT2D eigenvalue weighted by atomic mass is 10.2. The van der Waals surface area contributed by atoms with E-state index in [0.717, 1.165) is 18.3 Å². The topological polar surface area (TPSA) is 54.5 Å². The molecule has 1 aliphatic rings. The molecule has 1 saturated carbocycles. The zero-order valence-corrected chi connectivity index (χ0v) is 11.6. The molecule has 0 radical (unpaired) electrons. The standard InChI is InChI=1S/C14H21N3O2/c1-15-13-6-5-12(9-16-13)14(18)17(2)7-8-19-10-11-3-4-11/h5-6,9,11H,3-4,7-8,10H2,1-2H3,(H,15,16). The predicted molar refractivity (Wildman–Crippen MR) is 74.3 cm³/mol. The van der Waals surface area contributed by atoms with Gasteiger partial charge in [0.05, 0.1) is 12.2 Å². The molecule has 1 fully saturated rings. The van der Waals surface area contributed by atoms with Crippen molar-refractivity contribution in [3.63, 3.8) is 0 Å². The number of carbonyl (C=O) groups excluding carboxylic acids is 1. The number of nitrogens with one attached hydrogen (secondary N) is 1. The first-order valence-electron chi connectivity index (χ1n) is 6.67. The third-order valence-corrected chi connectivity index (χ3v) is 3.23. The van der Waals surface area contributed by atoms with E-state index in [1.807, 2.05) is 0 Å². The molecule has 0 aliphatic heterocycles. The van der Waals surface area contributed by atoms with Gasteiger partial charge in [-0.05, 0) is 30.9 Å². The van der Waals surface area contributed by atoms with E-state index in [2.05, 4.69) is 10.3 Å². The van der Waals surface area contributed by atoms with Crippen molar-refractivity contribution in [1.29, 1.82) is 0 Å². The lowest BCUT2D eigenvalue weighted by Gasteiger charge is -2.17. The van der Waals surface area contributed by atoms with Crippen molar-refractivity contribution in [1.82, 2.24) is 9.88 Å². The van der Waals surface area contributed by atoms with Crippen LogP contribution in [0.3, 0.4) is 0 Å². The molecule has 5 heteroatoms. The number of likely N-dealkylation sites (N-methyl/N-ethyl adjacent to an activating group) is 1. The highest BCUT2D eigenvalue weighted by molar-refractivity contribution is 5.93. The minimum absolute atomic E-state index is 0.0230. The summed E-state index contributed by atoms with van der Waals surface area (Å²) in [5, 5.41) is 2.92. The van der Waals surface area contributed by atoms with Gasteiger partial charge in [0.25, 0.3) is 5.91 Å². The molecule has 1 aromatic rings. The van der Waals surface area contributed by atoms with Gasteiger partial charge in [0, 0.05) is 33.4 Å². The molecular formula is C14H21N3O2. The second kappa shape index (κ2) is 6.52. The van der Waals surface area contributed by atoms with Crippen LogP contribution >= 0.6 is 0 Å². The van der Waals surface area contributed by atoms with E-state index in [1.165, 1.54) is 12.8 Å². The van der Waals surface area contributed by atoms with Crippen LogP contribution < -0.4 is 5.32 Å². The average molecular weight is 263 g/mol. The van der Waals surface area contributed by atoms with Crippen LogP contribution in [0.1, 0.15) is 23.2 Å². The maximum Gasteiger partial charge on any atom is 0.255 e. The molecule has 0 spiro atoms. The number of amides is 1. The average Bonchev–Trinajstić information content (AvgIpc) is 3.27. The van der Waals surface area contributed by atoms with Gasteiger partial charge in [-0.15, -0.1) is 0 Å². The number of hydrogen-bond donors (Lipinski definition) is 1. The summed E-state index contributed by atoms with van der Waals surface area (Å²) in [6.45, 7) is 2.04. The van der Waals surface area contributed by atoms with Gasteiger partial charge in [-0.2, -0.15) is 0 Å². The minimum Gasteiger partial charge on any atom is -0.379 e. The fraction of sp³-hybridized carbons (Fsp3) is 0.571. The van der Waals surface area contributed by atoms with Crippen molar-refractivity contribution >= 4 is 11.7 Å². The molecule has 0 aromatic carbocycles. The summed E-state index contributed by atoms with van der Waals surface area (Å²) >= 11 is 0. The van der Waals surface area contributed by atoms with E-state index in [9.17, 15) is 4.79 Å². The molecule has 19 heavy (non-hydrogen) atoms. The smallest absolute Gasteiger partial charge is 0.255 e. The SMILES string of the molecule is CNc1ccc(C(=O)N(C)CCOCC2CC2)cn1. The molecule has 0 saturated heterocycles. The maximum absolute atomic E-state index is 12.1. The Kier molecular flexibility index (Phi) is 4.74. The molecule has 2 rings (SSSR count). The summed E-state index contributed by atoms with van der Waals surface area (Å²) in [7, 11) is 3.59. The second-order valence-electron chi connectivity index (χ2n) is 4.93. The lowest BCUT2D eigenvalue weighted by Crippen LogP contribution is -2.30. The molecule has 1 N–H and O–H groups in total. The molecule has 1 aliphatic carbocycles. The van der Waals surface area contributed by atoms with Crippen molar-refractivity contribution in [3.8, 4) is 0 Å². The van der Waals surface area contributed by atoms with Crippen LogP contribution in [0, 0.1) is 5.92 Å². The van der Waals surface area contributed by atoms with E-state index < -0.39 is 0 Å². The first kappa shape index (κ1) is 13.8. The van der Waals surface area contributed by atoms with Crippen molar-refractivity contribution in [2.75, 3.05) is 39.2 Å². The first-order chi connectivity index (χ1) is 9.20. The molecule has 0 bridgehead atoms. The molecule has 104 valence electrons. The van der Waals surface area contributed by atoms with Crippen molar-refractivity contribution in [2.24, 2.45) is 5.92 Å². The normalized spacial score (nSPS) is 14.2. The van der Waals surface area contributed by atoms with E-state index in [4.69, 9.17) is 4.74 Å². The van der Waals surface area contributed by atoms with Crippen molar-refractivity contribution < 1.29 is 9.53 Å².